The molecule has 1 atom stereocenters. The molecule has 1 N–H and O–H groups in total. The van der Waals surface area contributed by atoms with Gasteiger partial charge in [-0.1, -0.05) is 36.4 Å². The maximum Gasteiger partial charge on any atom is 0.261 e. The molecule has 1 aliphatic rings. The van der Waals surface area contributed by atoms with E-state index in [1.807, 2.05) is 24.3 Å². The molecule has 0 spiro atoms. The standard InChI is InChI=1S/C22H23N3O2/c26-21(24-20-12-5-8-16-7-1-2-9-17(16)20)13-6-14-25-15-23-19-11-4-3-10-18(19)22(25)27/h1-4,7,9-11,15,20H,5-6,8,12-14H2,(H,24,26). The third-order valence-corrected chi connectivity index (χ3v) is 5.24. The van der Waals surface area contributed by atoms with E-state index in [2.05, 4.69) is 28.5 Å². The molecule has 4 rings (SSSR count). The summed E-state index contributed by atoms with van der Waals surface area (Å²) < 4.78 is 1.59. The maximum atomic E-state index is 12.5. The van der Waals surface area contributed by atoms with Crippen molar-refractivity contribution in [3.8, 4) is 0 Å². The second kappa shape index (κ2) is 7.74. The summed E-state index contributed by atoms with van der Waals surface area (Å²) in [5.74, 6) is 0.0403. The Morgan fingerprint density at radius 3 is 2.89 bits per heavy atom. The van der Waals surface area contributed by atoms with Crippen LogP contribution in [0.5, 0.6) is 0 Å². The van der Waals surface area contributed by atoms with E-state index in [4.69, 9.17) is 0 Å². The first-order valence-electron chi connectivity index (χ1n) is 9.54. The van der Waals surface area contributed by atoms with E-state index in [1.54, 1.807) is 17.0 Å². The van der Waals surface area contributed by atoms with Crippen LogP contribution in [0.2, 0.25) is 0 Å². The van der Waals surface area contributed by atoms with Gasteiger partial charge in [0.25, 0.3) is 5.56 Å². The fourth-order valence-corrected chi connectivity index (χ4v) is 3.85. The van der Waals surface area contributed by atoms with E-state index in [9.17, 15) is 9.59 Å². The number of hydrogen-bond acceptors (Lipinski definition) is 3. The van der Waals surface area contributed by atoms with E-state index in [-0.39, 0.29) is 17.5 Å². The van der Waals surface area contributed by atoms with Crippen LogP contribution in [0.15, 0.2) is 59.7 Å². The molecule has 0 fully saturated rings. The fourth-order valence-electron chi connectivity index (χ4n) is 3.85. The van der Waals surface area contributed by atoms with Crippen LogP contribution in [0.4, 0.5) is 0 Å². The summed E-state index contributed by atoms with van der Waals surface area (Å²) in [5.41, 5.74) is 3.23. The fraction of sp³-hybridized carbons (Fsp3) is 0.318. The van der Waals surface area contributed by atoms with Crippen molar-refractivity contribution >= 4 is 16.8 Å². The van der Waals surface area contributed by atoms with Crippen LogP contribution in [0.3, 0.4) is 0 Å². The SMILES string of the molecule is O=C(CCCn1cnc2ccccc2c1=O)NC1CCCc2ccccc21. The van der Waals surface area contributed by atoms with E-state index in [0.29, 0.717) is 30.3 Å². The molecule has 1 aliphatic carbocycles. The lowest BCUT2D eigenvalue weighted by Gasteiger charge is -2.26. The Balaban J connectivity index is 1.36. The van der Waals surface area contributed by atoms with E-state index in [1.165, 1.54) is 11.1 Å². The van der Waals surface area contributed by atoms with Crippen LogP contribution in [0.25, 0.3) is 10.9 Å². The average molecular weight is 361 g/mol. The number of carbonyl (C=O) groups is 1. The smallest absolute Gasteiger partial charge is 0.261 e. The predicted molar refractivity (Wildman–Crippen MR) is 106 cm³/mol. The second-order valence-corrected chi connectivity index (χ2v) is 7.07. The van der Waals surface area contributed by atoms with Crippen LogP contribution < -0.4 is 10.9 Å². The Hall–Kier alpha value is -2.95. The lowest BCUT2D eigenvalue weighted by atomic mass is 9.87. The first kappa shape index (κ1) is 17.5. The Morgan fingerprint density at radius 1 is 1.15 bits per heavy atom. The molecule has 0 bridgehead atoms. The van der Waals surface area contributed by atoms with Crippen LogP contribution >= 0.6 is 0 Å². The van der Waals surface area contributed by atoms with Crippen molar-refractivity contribution in [2.45, 2.75) is 44.7 Å². The number of fused-ring (bicyclic) bond motifs is 2. The van der Waals surface area contributed by atoms with Crippen LogP contribution in [0.1, 0.15) is 42.9 Å². The molecule has 5 nitrogen and oxygen atoms in total. The van der Waals surface area contributed by atoms with Gasteiger partial charge in [-0.05, 0) is 48.9 Å². The molecule has 5 heteroatoms. The van der Waals surface area contributed by atoms with Gasteiger partial charge in [-0.15, -0.1) is 0 Å². The highest BCUT2D eigenvalue weighted by Crippen LogP contribution is 2.29. The molecule has 3 aromatic rings. The third-order valence-electron chi connectivity index (χ3n) is 5.24. The van der Waals surface area contributed by atoms with E-state index >= 15 is 0 Å². The zero-order chi connectivity index (χ0) is 18.6. The van der Waals surface area contributed by atoms with Crippen LogP contribution in [-0.4, -0.2) is 15.5 Å². The molecule has 0 radical (unpaired) electrons. The summed E-state index contributed by atoms with van der Waals surface area (Å²) in [7, 11) is 0. The summed E-state index contributed by atoms with van der Waals surface area (Å²) in [6, 6.07) is 15.8. The number of amides is 1. The van der Waals surface area contributed by atoms with Gasteiger partial charge in [-0.3, -0.25) is 14.2 Å². The number of para-hydroxylation sites is 1. The minimum atomic E-state index is -0.0535. The minimum absolute atomic E-state index is 0.0403. The summed E-state index contributed by atoms with van der Waals surface area (Å²) in [5, 5.41) is 3.78. The highest BCUT2D eigenvalue weighted by molar-refractivity contribution is 5.77. The molecule has 2 aromatic carbocycles. The normalized spacial score (nSPS) is 16.1. The predicted octanol–water partition coefficient (Wildman–Crippen LogP) is 3.37. The monoisotopic (exact) mass is 361 g/mol. The van der Waals surface area contributed by atoms with E-state index < -0.39 is 0 Å². The maximum absolute atomic E-state index is 12.5. The van der Waals surface area contributed by atoms with Gasteiger partial charge in [0.2, 0.25) is 5.91 Å². The molecule has 0 saturated heterocycles. The van der Waals surface area contributed by atoms with Gasteiger partial charge < -0.3 is 5.32 Å². The summed E-state index contributed by atoms with van der Waals surface area (Å²) >= 11 is 0. The first-order chi connectivity index (χ1) is 13.2. The first-order valence-corrected chi connectivity index (χ1v) is 9.54. The topological polar surface area (TPSA) is 64.0 Å². The van der Waals surface area contributed by atoms with Gasteiger partial charge in [-0.2, -0.15) is 0 Å². The number of nitrogens with one attached hydrogen (secondary N) is 1. The molecule has 138 valence electrons. The van der Waals surface area contributed by atoms with Crippen molar-refractivity contribution in [1.82, 2.24) is 14.9 Å². The highest BCUT2D eigenvalue weighted by Gasteiger charge is 2.21. The van der Waals surface area contributed by atoms with Gasteiger partial charge in [-0.25, -0.2) is 4.98 Å². The Bertz CT molecular complexity index is 1030. The number of benzene rings is 2. The minimum Gasteiger partial charge on any atom is -0.349 e. The third kappa shape index (κ3) is 3.77. The molecule has 1 unspecified atom stereocenters. The van der Waals surface area contributed by atoms with Gasteiger partial charge in [0.15, 0.2) is 0 Å². The molecule has 0 saturated carbocycles. The van der Waals surface area contributed by atoms with Gasteiger partial charge in [0, 0.05) is 13.0 Å². The zero-order valence-electron chi connectivity index (χ0n) is 15.2. The second-order valence-electron chi connectivity index (χ2n) is 7.07. The van der Waals surface area contributed by atoms with Crippen LogP contribution in [-0.2, 0) is 17.8 Å². The summed E-state index contributed by atoms with van der Waals surface area (Å²) in [4.78, 5) is 29.2. The number of aryl methyl sites for hydroxylation is 2. The van der Waals surface area contributed by atoms with E-state index in [0.717, 1.165) is 19.3 Å². The van der Waals surface area contributed by atoms with Gasteiger partial charge in [0.05, 0.1) is 23.3 Å². The quantitative estimate of drug-likeness (QED) is 0.758. The molecule has 0 aliphatic heterocycles. The summed E-state index contributed by atoms with van der Waals surface area (Å²) in [6.45, 7) is 0.491. The number of carbonyl (C=O) groups excluding carboxylic acids is 1. The molecular formula is C22H23N3O2. The number of nitrogens with zero attached hydrogens (tertiary/aromatic N) is 2. The average Bonchev–Trinajstić information content (AvgIpc) is 2.70. The Labute approximate surface area is 158 Å². The van der Waals surface area contributed by atoms with Crippen molar-refractivity contribution in [2.75, 3.05) is 0 Å². The van der Waals surface area contributed by atoms with Gasteiger partial charge in [0.1, 0.15) is 0 Å². The molecule has 1 heterocycles. The molecule has 1 amide bonds. The number of hydrogen-bond donors (Lipinski definition) is 1. The van der Waals surface area contributed by atoms with Crippen LogP contribution in [0, 0.1) is 0 Å². The van der Waals surface area contributed by atoms with Crippen molar-refractivity contribution < 1.29 is 4.79 Å². The van der Waals surface area contributed by atoms with Crippen molar-refractivity contribution in [3.63, 3.8) is 0 Å². The lowest BCUT2D eigenvalue weighted by molar-refractivity contribution is -0.122. The number of rotatable bonds is 5. The summed E-state index contributed by atoms with van der Waals surface area (Å²) in [6.07, 6.45) is 5.75. The molecular weight excluding hydrogens is 338 g/mol. The molecule has 27 heavy (non-hydrogen) atoms. The zero-order valence-corrected chi connectivity index (χ0v) is 15.2. The van der Waals surface area contributed by atoms with Crippen molar-refractivity contribution in [3.05, 3.63) is 76.3 Å². The number of aromatic nitrogens is 2. The molecule has 1 aromatic heterocycles. The highest BCUT2D eigenvalue weighted by atomic mass is 16.1. The van der Waals surface area contributed by atoms with Crippen molar-refractivity contribution in [2.24, 2.45) is 0 Å². The van der Waals surface area contributed by atoms with Gasteiger partial charge >= 0.3 is 0 Å². The largest absolute Gasteiger partial charge is 0.349 e. The Morgan fingerprint density at radius 2 is 1.96 bits per heavy atom. The Kier molecular flexibility index (Phi) is 5.01. The lowest BCUT2D eigenvalue weighted by Crippen LogP contribution is -2.31. The van der Waals surface area contributed by atoms with Crippen molar-refractivity contribution in [1.29, 1.82) is 0 Å².